The molecule has 0 amide bonds. The second kappa shape index (κ2) is 7.25. The van der Waals surface area contributed by atoms with Crippen LogP contribution in [0.1, 0.15) is 47.0 Å². The minimum Gasteiger partial charge on any atom is -0.396 e. The number of carbonyl (C=O) groups is 1. The van der Waals surface area contributed by atoms with Gasteiger partial charge in [0.1, 0.15) is 5.78 Å². The first kappa shape index (κ1) is 15.6. The van der Waals surface area contributed by atoms with Crippen molar-refractivity contribution < 1.29 is 9.90 Å². The molecule has 0 radical (unpaired) electrons. The molecule has 3 atom stereocenters. The Kier molecular flexibility index (Phi) is 6.30. The van der Waals surface area contributed by atoms with E-state index in [4.69, 9.17) is 5.11 Å². The third-order valence-electron chi connectivity index (χ3n) is 4.19. The van der Waals surface area contributed by atoms with E-state index in [0.717, 1.165) is 25.9 Å². The quantitative estimate of drug-likeness (QED) is 0.792. The van der Waals surface area contributed by atoms with Gasteiger partial charge in [-0.15, -0.1) is 0 Å². The number of aliphatic hydroxyl groups is 1. The summed E-state index contributed by atoms with van der Waals surface area (Å²) in [6.07, 6.45) is 2.72. The lowest BCUT2D eigenvalue weighted by Gasteiger charge is -2.36. The Morgan fingerprint density at radius 2 is 2.06 bits per heavy atom. The minimum absolute atomic E-state index is 0.197. The molecule has 0 spiro atoms. The van der Waals surface area contributed by atoms with Crippen LogP contribution in [0.3, 0.4) is 0 Å². The van der Waals surface area contributed by atoms with Gasteiger partial charge in [-0.3, -0.25) is 4.79 Å². The molecule has 0 aromatic heterocycles. The van der Waals surface area contributed by atoms with Crippen molar-refractivity contribution in [1.82, 2.24) is 4.90 Å². The highest BCUT2D eigenvalue weighted by Gasteiger charge is 2.33. The van der Waals surface area contributed by atoms with Crippen LogP contribution in [0.4, 0.5) is 0 Å². The largest absolute Gasteiger partial charge is 0.396 e. The Labute approximate surface area is 112 Å². The molecule has 1 fully saturated rings. The van der Waals surface area contributed by atoms with E-state index < -0.39 is 0 Å². The second-order valence-corrected chi connectivity index (χ2v) is 6.26. The first-order valence-corrected chi connectivity index (χ1v) is 7.33. The smallest absolute Gasteiger partial charge is 0.137 e. The Hall–Kier alpha value is -0.410. The van der Waals surface area contributed by atoms with Gasteiger partial charge in [0.05, 0.1) is 0 Å². The van der Waals surface area contributed by atoms with Crippen LogP contribution in [0.15, 0.2) is 0 Å². The Balaban J connectivity index is 2.59. The van der Waals surface area contributed by atoms with Gasteiger partial charge in [-0.1, -0.05) is 13.8 Å². The molecule has 1 rings (SSSR count). The van der Waals surface area contributed by atoms with Gasteiger partial charge in [-0.05, 0) is 38.5 Å². The molecule has 0 aliphatic heterocycles. The third kappa shape index (κ3) is 4.36. The number of hydrogen-bond acceptors (Lipinski definition) is 3. The molecule has 18 heavy (non-hydrogen) atoms. The average molecular weight is 255 g/mol. The number of carbonyl (C=O) groups excluding carboxylic acids is 1. The van der Waals surface area contributed by atoms with Crippen LogP contribution >= 0.6 is 0 Å². The first-order chi connectivity index (χ1) is 8.45. The summed E-state index contributed by atoms with van der Waals surface area (Å²) in [6.45, 7) is 10.7. The van der Waals surface area contributed by atoms with Crippen LogP contribution in [-0.4, -0.2) is 41.5 Å². The van der Waals surface area contributed by atoms with Crippen molar-refractivity contribution in [2.24, 2.45) is 17.8 Å². The van der Waals surface area contributed by atoms with Gasteiger partial charge in [0.25, 0.3) is 0 Å². The molecule has 0 aromatic carbocycles. The molecule has 3 heteroatoms. The standard InChI is InChI=1S/C15H29NO2/c1-11(2)16(6-5-7-17)10-14-13(4)8-12(3)9-15(14)18/h11-14,17H,5-10H2,1-4H3. The van der Waals surface area contributed by atoms with Gasteiger partial charge in [0, 0.05) is 38.1 Å². The van der Waals surface area contributed by atoms with Crippen molar-refractivity contribution in [3.63, 3.8) is 0 Å². The average Bonchev–Trinajstić information content (AvgIpc) is 2.26. The summed E-state index contributed by atoms with van der Waals surface area (Å²) in [4.78, 5) is 14.5. The molecule has 0 heterocycles. The predicted octanol–water partition coefficient (Wildman–Crippen LogP) is 2.33. The van der Waals surface area contributed by atoms with Crippen molar-refractivity contribution in [3.05, 3.63) is 0 Å². The number of Topliss-reactive ketones (excluding diaryl/α,β-unsaturated/α-hetero) is 1. The van der Waals surface area contributed by atoms with E-state index in [0.29, 0.717) is 23.7 Å². The highest BCUT2D eigenvalue weighted by atomic mass is 16.3. The van der Waals surface area contributed by atoms with Gasteiger partial charge < -0.3 is 10.0 Å². The van der Waals surface area contributed by atoms with Crippen LogP contribution in [-0.2, 0) is 4.79 Å². The molecule has 3 unspecified atom stereocenters. The molecule has 1 saturated carbocycles. The number of rotatable bonds is 6. The first-order valence-electron chi connectivity index (χ1n) is 7.33. The lowest BCUT2D eigenvalue weighted by atomic mass is 9.74. The fraction of sp³-hybridized carbons (Fsp3) is 0.933. The minimum atomic E-state index is 0.197. The Bertz CT molecular complexity index is 265. The van der Waals surface area contributed by atoms with Gasteiger partial charge >= 0.3 is 0 Å². The van der Waals surface area contributed by atoms with Gasteiger partial charge in [0.15, 0.2) is 0 Å². The summed E-state index contributed by atoms with van der Waals surface area (Å²) in [7, 11) is 0. The molecule has 1 N–H and O–H groups in total. The SMILES string of the molecule is CC1CC(=O)C(CN(CCCO)C(C)C)C(C)C1. The van der Waals surface area contributed by atoms with Crippen LogP contribution < -0.4 is 0 Å². The predicted molar refractivity (Wildman–Crippen MR) is 74.5 cm³/mol. The summed E-state index contributed by atoms with van der Waals surface area (Å²) in [5, 5.41) is 8.95. The zero-order valence-electron chi connectivity index (χ0n) is 12.4. The van der Waals surface area contributed by atoms with Gasteiger partial charge in [-0.25, -0.2) is 0 Å². The fourth-order valence-electron chi connectivity index (χ4n) is 3.06. The zero-order valence-corrected chi connectivity index (χ0v) is 12.4. The van der Waals surface area contributed by atoms with E-state index >= 15 is 0 Å². The maximum atomic E-state index is 12.2. The zero-order chi connectivity index (χ0) is 13.7. The molecule has 1 aliphatic rings. The summed E-state index contributed by atoms with van der Waals surface area (Å²) in [5.41, 5.74) is 0. The second-order valence-electron chi connectivity index (χ2n) is 6.26. The Morgan fingerprint density at radius 1 is 1.39 bits per heavy atom. The molecule has 0 bridgehead atoms. The molecule has 0 aromatic rings. The van der Waals surface area contributed by atoms with E-state index in [1.54, 1.807) is 0 Å². The van der Waals surface area contributed by atoms with Gasteiger partial charge in [-0.2, -0.15) is 0 Å². The molecule has 106 valence electrons. The van der Waals surface area contributed by atoms with E-state index in [1.165, 1.54) is 6.42 Å². The van der Waals surface area contributed by atoms with E-state index in [2.05, 4.69) is 32.6 Å². The normalized spacial score (nSPS) is 29.3. The van der Waals surface area contributed by atoms with Crippen molar-refractivity contribution >= 4 is 5.78 Å². The highest BCUT2D eigenvalue weighted by molar-refractivity contribution is 5.82. The summed E-state index contributed by atoms with van der Waals surface area (Å²) in [6, 6.07) is 0.441. The molecule has 0 saturated heterocycles. The maximum Gasteiger partial charge on any atom is 0.137 e. The van der Waals surface area contributed by atoms with E-state index in [9.17, 15) is 4.79 Å². The number of ketones is 1. The van der Waals surface area contributed by atoms with Crippen molar-refractivity contribution in [3.8, 4) is 0 Å². The fourth-order valence-corrected chi connectivity index (χ4v) is 3.06. The van der Waals surface area contributed by atoms with Crippen molar-refractivity contribution in [1.29, 1.82) is 0 Å². The van der Waals surface area contributed by atoms with Crippen molar-refractivity contribution in [2.75, 3.05) is 19.7 Å². The van der Waals surface area contributed by atoms with Crippen LogP contribution in [0.25, 0.3) is 0 Å². The lowest BCUT2D eigenvalue weighted by Crippen LogP contribution is -2.43. The molecule has 1 aliphatic carbocycles. The van der Waals surface area contributed by atoms with Crippen molar-refractivity contribution in [2.45, 2.75) is 53.0 Å². The highest BCUT2D eigenvalue weighted by Crippen LogP contribution is 2.31. The maximum absolute atomic E-state index is 12.2. The van der Waals surface area contributed by atoms with E-state index in [1.807, 2.05) is 0 Å². The molecular weight excluding hydrogens is 226 g/mol. The van der Waals surface area contributed by atoms with Crippen LogP contribution in [0.5, 0.6) is 0 Å². The van der Waals surface area contributed by atoms with Crippen LogP contribution in [0.2, 0.25) is 0 Å². The van der Waals surface area contributed by atoms with Crippen LogP contribution in [0, 0.1) is 17.8 Å². The summed E-state index contributed by atoms with van der Waals surface area (Å²) in [5.74, 6) is 1.68. The van der Waals surface area contributed by atoms with Gasteiger partial charge in [0.2, 0.25) is 0 Å². The number of nitrogens with zero attached hydrogens (tertiary/aromatic N) is 1. The lowest BCUT2D eigenvalue weighted by molar-refractivity contribution is -0.128. The monoisotopic (exact) mass is 255 g/mol. The molecule has 3 nitrogen and oxygen atoms in total. The summed E-state index contributed by atoms with van der Waals surface area (Å²) < 4.78 is 0. The third-order valence-corrected chi connectivity index (χ3v) is 4.19. The Morgan fingerprint density at radius 3 is 2.56 bits per heavy atom. The summed E-state index contributed by atoms with van der Waals surface area (Å²) >= 11 is 0. The number of hydrogen-bond donors (Lipinski definition) is 1. The molecular formula is C15H29NO2. The van der Waals surface area contributed by atoms with E-state index in [-0.39, 0.29) is 12.5 Å². The number of aliphatic hydroxyl groups excluding tert-OH is 1. The topological polar surface area (TPSA) is 40.5 Å².